The Morgan fingerprint density at radius 2 is 2.21 bits per heavy atom. The molecular weight excluding hydrogens is 304 g/mol. The van der Waals surface area contributed by atoms with Gasteiger partial charge in [-0.05, 0) is 50.0 Å². The molecule has 104 valence electrons. The van der Waals surface area contributed by atoms with Crippen molar-refractivity contribution in [3.05, 3.63) is 34.3 Å². The summed E-state index contributed by atoms with van der Waals surface area (Å²) in [5.74, 6) is 0.776. The average molecular weight is 325 g/mol. The lowest BCUT2D eigenvalue weighted by molar-refractivity contribution is -0.127. The molecule has 2 N–H and O–H groups in total. The Bertz CT molecular complexity index is 446. The summed E-state index contributed by atoms with van der Waals surface area (Å²) in [6.07, 6.45) is 0.862. The zero-order valence-electron chi connectivity index (χ0n) is 11.4. The number of rotatable bonds is 5. The van der Waals surface area contributed by atoms with Crippen LogP contribution < -0.4 is 10.6 Å². The Morgan fingerprint density at radius 3 is 2.79 bits per heavy atom. The number of hydrogen-bond acceptors (Lipinski definition) is 2. The SMILES string of the molecule is CC(Cc1cccc(Br)c1)NC(=O)C(C)C1CNC1. The van der Waals surface area contributed by atoms with Gasteiger partial charge >= 0.3 is 0 Å². The van der Waals surface area contributed by atoms with E-state index in [9.17, 15) is 4.79 Å². The van der Waals surface area contributed by atoms with Gasteiger partial charge in [0.05, 0.1) is 0 Å². The minimum atomic E-state index is 0.103. The van der Waals surface area contributed by atoms with Gasteiger partial charge < -0.3 is 10.6 Å². The molecule has 2 atom stereocenters. The van der Waals surface area contributed by atoms with Gasteiger partial charge in [-0.15, -0.1) is 0 Å². The van der Waals surface area contributed by atoms with Gasteiger partial charge in [-0.1, -0.05) is 35.0 Å². The summed E-state index contributed by atoms with van der Waals surface area (Å²) >= 11 is 3.47. The summed E-state index contributed by atoms with van der Waals surface area (Å²) in [7, 11) is 0. The summed E-state index contributed by atoms with van der Waals surface area (Å²) < 4.78 is 1.08. The molecule has 0 aliphatic carbocycles. The van der Waals surface area contributed by atoms with E-state index in [1.807, 2.05) is 19.1 Å². The van der Waals surface area contributed by atoms with Crippen molar-refractivity contribution in [1.82, 2.24) is 10.6 Å². The van der Waals surface area contributed by atoms with Crippen LogP contribution >= 0.6 is 15.9 Å². The van der Waals surface area contributed by atoms with E-state index in [1.54, 1.807) is 0 Å². The second-order valence-electron chi connectivity index (χ2n) is 5.45. The Balaban J connectivity index is 1.83. The first-order valence-electron chi connectivity index (χ1n) is 6.82. The van der Waals surface area contributed by atoms with Crippen LogP contribution in [0.2, 0.25) is 0 Å². The van der Waals surface area contributed by atoms with Gasteiger partial charge in [0, 0.05) is 16.4 Å². The molecule has 0 saturated carbocycles. The third-order valence-electron chi connectivity index (χ3n) is 3.75. The van der Waals surface area contributed by atoms with Gasteiger partial charge in [0.15, 0.2) is 0 Å². The highest BCUT2D eigenvalue weighted by Crippen LogP contribution is 2.17. The first kappa shape index (κ1) is 14.5. The summed E-state index contributed by atoms with van der Waals surface area (Å²) in [4.78, 5) is 12.1. The zero-order chi connectivity index (χ0) is 13.8. The normalized spacial score (nSPS) is 18.5. The van der Waals surface area contributed by atoms with Gasteiger partial charge in [0.1, 0.15) is 0 Å². The minimum Gasteiger partial charge on any atom is -0.353 e. The fourth-order valence-corrected chi connectivity index (χ4v) is 2.77. The second-order valence-corrected chi connectivity index (χ2v) is 6.37. The van der Waals surface area contributed by atoms with Crippen LogP contribution in [-0.4, -0.2) is 25.0 Å². The molecule has 1 heterocycles. The topological polar surface area (TPSA) is 41.1 Å². The van der Waals surface area contributed by atoms with Crippen LogP contribution in [0.25, 0.3) is 0 Å². The Hall–Kier alpha value is -0.870. The molecule has 3 nitrogen and oxygen atoms in total. The molecule has 4 heteroatoms. The van der Waals surface area contributed by atoms with Crippen molar-refractivity contribution < 1.29 is 4.79 Å². The number of benzene rings is 1. The lowest BCUT2D eigenvalue weighted by atomic mass is 9.88. The molecule has 0 aromatic heterocycles. The molecular formula is C15H21BrN2O. The van der Waals surface area contributed by atoms with Crippen molar-refractivity contribution in [1.29, 1.82) is 0 Å². The van der Waals surface area contributed by atoms with E-state index < -0.39 is 0 Å². The van der Waals surface area contributed by atoms with Crippen molar-refractivity contribution >= 4 is 21.8 Å². The molecule has 1 aliphatic rings. The first-order chi connectivity index (χ1) is 9.06. The average Bonchev–Trinajstić information content (AvgIpc) is 2.26. The number of carbonyl (C=O) groups excluding carboxylic acids is 1. The Kier molecular flexibility index (Phi) is 4.99. The van der Waals surface area contributed by atoms with Crippen molar-refractivity contribution in [2.45, 2.75) is 26.3 Å². The summed E-state index contributed by atoms with van der Waals surface area (Å²) in [5, 5.41) is 6.33. The predicted octanol–water partition coefficient (Wildman–Crippen LogP) is 2.35. The van der Waals surface area contributed by atoms with E-state index >= 15 is 0 Å². The maximum absolute atomic E-state index is 12.1. The Morgan fingerprint density at radius 1 is 1.47 bits per heavy atom. The number of halogens is 1. The van der Waals surface area contributed by atoms with E-state index in [1.165, 1.54) is 5.56 Å². The van der Waals surface area contributed by atoms with Crippen molar-refractivity contribution in [3.63, 3.8) is 0 Å². The second kappa shape index (κ2) is 6.53. The molecule has 2 rings (SSSR count). The smallest absolute Gasteiger partial charge is 0.223 e. The van der Waals surface area contributed by atoms with Gasteiger partial charge in [-0.2, -0.15) is 0 Å². The van der Waals surface area contributed by atoms with Crippen molar-refractivity contribution in [2.24, 2.45) is 11.8 Å². The molecule has 1 aromatic rings. The van der Waals surface area contributed by atoms with Crippen LogP contribution in [0.5, 0.6) is 0 Å². The molecule has 1 saturated heterocycles. The monoisotopic (exact) mass is 324 g/mol. The van der Waals surface area contributed by atoms with Crippen LogP contribution in [0.1, 0.15) is 19.4 Å². The fourth-order valence-electron chi connectivity index (χ4n) is 2.32. The molecule has 0 spiro atoms. The maximum Gasteiger partial charge on any atom is 0.223 e. The third-order valence-corrected chi connectivity index (χ3v) is 4.25. The van der Waals surface area contributed by atoms with Crippen molar-refractivity contribution in [2.75, 3.05) is 13.1 Å². The predicted molar refractivity (Wildman–Crippen MR) is 81.0 cm³/mol. The number of carbonyl (C=O) groups is 1. The molecule has 0 radical (unpaired) electrons. The molecule has 1 amide bonds. The third kappa shape index (κ3) is 4.05. The van der Waals surface area contributed by atoms with Gasteiger partial charge in [0.25, 0.3) is 0 Å². The molecule has 1 fully saturated rings. The van der Waals surface area contributed by atoms with Crippen LogP contribution in [-0.2, 0) is 11.2 Å². The molecule has 2 unspecified atom stereocenters. The molecule has 1 aliphatic heterocycles. The van der Waals surface area contributed by atoms with Crippen LogP contribution in [0.3, 0.4) is 0 Å². The summed E-state index contributed by atoms with van der Waals surface area (Å²) in [6, 6.07) is 8.39. The molecule has 19 heavy (non-hydrogen) atoms. The molecule has 0 bridgehead atoms. The van der Waals surface area contributed by atoms with E-state index in [-0.39, 0.29) is 17.9 Å². The van der Waals surface area contributed by atoms with Crippen LogP contribution in [0.4, 0.5) is 0 Å². The largest absolute Gasteiger partial charge is 0.353 e. The number of hydrogen-bond donors (Lipinski definition) is 2. The minimum absolute atomic E-state index is 0.103. The standard InChI is InChI=1S/C15H21BrN2O/c1-10(6-12-4-3-5-14(16)7-12)18-15(19)11(2)13-8-17-9-13/h3-5,7,10-11,13,17H,6,8-9H2,1-2H3,(H,18,19). The maximum atomic E-state index is 12.1. The van der Waals surface area contributed by atoms with Crippen LogP contribution in [0, 0.1) is 11.8 Å². The van der Waals surface area contributed by atoms with E-state index in [4.69, 9.17) is 0 Å². The molecule has 1 aromatic carbocycles. The highest BCUT2D eigenvalue weighted by atomic mass is 79.9. The zero-order valence-corrected chi connectivity index (χ0v) is 13.0. The van der Waals surface area contributed by atoms with Gasteiger partial charge in [-0.25, -0.2) is 0 Å². The first-order valence-corrected chi connectivity index (χ1v) is 7.61. The van der Waals surface area contributed by atoms with Gasteiger partial charge in [0.2, 0.25) is 5.91 Å². The van der Waals surface area contributed by atoms with E-state index in [0.29, 0.717) is 5.92 Å². The highest BCUT2D eigenvalue weighted by molar-refractivity contribution is 9.10. The highest BCUT2D eigenvalue weighted by Gasteiger charge is 2.29. The summed E-state index contributed by atoms with van der Waals surface area (Å²) in [5.41, 5.74) is 1.24. The van der Waals surface area contributed by atoms with Crippen LogP contribution in [0.15, 0.2) is 28.7 Å². The van der Waals surface area contributed by atoms with Crippen molar-refractivity contribution in [3.8, 4) is 0 Å². The van der Waals surface area contributed by atoms with E-state index in [0.717, 1.165) is 24.0 Å². The van der Waals surface area contributed by atoms with Gasteiger partial charge in [-0.3, -0.25) is 4.79 Å². The lowest BCUT2D eigenvalue weighted by Crippen LogP contribution is -2.50. The summed E-state index contributed by atoms with van der Waals surface area (Å²) in [6.45, 7) is 6.01. The number of nitrogens with one attached hydrogen (secondary N) is 2. The fraction of sp³-hybridized carbons (Fsp3) is 0.533. The quantitative estimate of drug-likeness (QED) is 0.873. The van der Waals surface area contributed by atoms with E-state index in [2.05, 4.69) is 45.6 Å². The number of amides is 1. The lowest BCUT2D eigenvalue weighted by Gasteiger charge is -2.32. The Labute approximate surface area is 123 Å².